The molecule has 1 aliphatic rings. The third-order valence-corrected chi connectivity index (χ3v) is 4.58. The van der Waals surface area contributed by atoms with Crippen LogP contribution in [0, 0.1) is 5.92 Å². The van der Waals surface area contributed by atoms with Gasteiger partial charge < -0.3 is 9.97 Å². The first-order valence-electron chi connectivity index (χ1n) is 8.15. The molecule has 0 aromatic carbocycles. The summed E-state index contributed by atoms with van der Waals surface area (Å²) in [6.07, 6.45) is 11.0. The number of aromatic nitrogens is 3. The maximum Gasteiger partial charge on any atom is 0.247 e. The van der Waals surface area contributed by atoms with Gasteiger partial charge in [-0.05, 0) is 48.6 Å². The van der Waals surface area contributed by atoms with Crippen molar-refractivity contribution in [2.45, 2.75) is 25.7 Å². The molecule has 0 unspecified atom stereocenters. The Morgan fingerprint density at radius 2 is 2.09 bits per heavy atom. The highest BCUT2D eigenvalue weighted by Gasteiger charge is 2.16. The summed E-state index contributed by atoms with van der Waals surface area (Å²) >= 11 is 0. The van der Waals surface area contributed by atoms with Gasteiger partial charge in [-0.15, -0.1) is 0 Å². The molecule has 1 aliphatic carbocycles. The van der Waals surface area contributed by atoms with E-state index in [0.29, 0.717) is 5.92 Å². The van der Waals surface area contributed by atoms with E-state index in [9.17, 15) is 4.79 Å². The van der Waals surface area contributed by atoms with E-state index < -0.39 is 0 Å². The summed E-state index contributed by atoms with van der Waals surface area (Å²) in [5.41, 5.74) is 4.04. The van der Waals surface area contributed by atoms with Gasteiger partial charge in [0.1, 0.15) is 5.65 Å². The Kier molecular flexibility index (Phi) is 3.58. The summed E-state index contributed by atoms with van der Waals surface area (Å²) in [6, 6.07) is 9.61. The quantitative estimate of drug-likeness (QED) is 0.771. The van der Waals surface area contributed by atoms with Gasteiger partial charge in [0.25, 0.3) is 0 Å². The Bertz CT molecular complexity index is 860. The van der Waals surface area contributed by atoms with Crippen molar-refractivity contribution < 1.29 is 0 Å². The predicted octanol–water partition coefficient (Wildman–Crippen LogP) is 3.87. The second-order valence-corrected chi connectivity index (χ2v) is 6.19. The van der Waals surface area contributed by atoms with Crippen LogP contribution < -0.4 is 5.56 Å². The summed E-state index contributed by atoms with van der Waals surface area (Å²) in [5, 5.41) is 1.10. The minimum absolute atomic E-state index is 0.0766. The van der Waals surface area contributed by atoms with Crippen molar-refractivity contribution in [1.29, 1.82) is 0 Å². The maximum absolute atomic E-state index is 11.4. The summed E-state index contributed by atoms with van der Waals surface area (Å²) in [5.74, 6) is 0.608. The first-order valence-corrected chi connectivity index (χ1v) is 8.15. The fourth-order valence-corrected chi connectivity index (χ4v) is 3.38. The smallest absolute Gasteiger partial charge is 0.247 e. The number of pyridine rings is 2. The lowest BCUT2D eigenvalue weighted by Gasteiger charge is -2.09. The minimum atomic E-state index is -0.0766. The number of rotatable bonds is 3. The van der Waals surface area contributed by atoms with Gasteiger partial charge in [0.2, 0.25) is 5.56 Å². The van der Waals surface area contributed by atoms with Crippen LogP contribution in [-0.4, -0.2) is 15.0 Å². The number of nitrogens with zero attached hydrogens (tertiary/aromatic N) is 1. The molecule has 0 saturated heterocycles. The molecule has 4 nitrogen and oxygen atoms in total. The first-order chi connectivity index (χ1) is 11.3. The fraction of sp³-hybridized carbons (Fsp3) is 0.263. The van der Waals surface area contributed by atoms with Gasteiger partial charge in [0.15, 0.2) is 0 Å². The number of H-pyrrole nitrogens is 2. The van der Waals surface area contributed by atoms with Crippen molar-refractivity contribution in [2.24, 2.45) is 5.92 Å². The Balaban J connectivity index is 1.83. The number of nitrogens with one attached hydrogen (secondary N) is 2. The SMILES string of the molecule is O=c1ccc(/C(=C/C2CCCC2)c2cc3cccnc3[nH]2)c[nH]1. The Hall–Kier alpha value is -2.62. The zero-order chi connectivity index (χ0) is 15.6. The van der Waals surface area contributed by atoms with Crippen LogP contribution in [-0.2, 0) is 0 Å². The number of allylic oxidation sites excluding steroid dienone is 1. The molecule has 116 valence electrons. The van der Waals surface area contributed by atoms with E-state index in [4.69, 9.17) is 0 Å². The standard InChI is InChI=1S/C19H19N3O/c23-18-8-7-15(12-21-18)16(10-13-4-1-2-5-13)17-11-14-6-3-9-20-19(14)22-17/h3,6-13H,1-2,4-5H2,(H,20,22)(H,21,23)/b16-10-. The van der Waals surface area contributed by atoms with E-state index in [1.807, 2.05) is 12.1 Å². The lowest BCUT2D eigenvalue weighted by Crippen LogP contribution is -2.03. The number of aromatic amines is 2. The topological polar surface area (TPSA) is 61.5 Å². The molecule has 1 fully saturated rings. The molecule has 3 aromatic heterocycles. The van der Waals surface area contributed by atoms with E-state index in [1.165, 1.54) is 25.7 Å². The van der Waals surface area contributed by atoms with Gasteiger partial charge in [-0.2, -0.15) is 0 Å². The van der Waals surface area contributed by atoms with Crippen LogP contribution in [0.15, 0.2) is 53.6 Å². The monoisotopic (exact) mass is 305 g/mol. The van der Waals surface area contributed by atoms with Gasteiger partial charge in [-0.1, -0.05) is 18.9 Å². The van der Waals surface area contributed by atoms with Crippen molar-refractivity contribution in [3.8, 4) is 0 Å². The van der Waals surface area contributed by atoms with Crippen molar-refractivity contribution in [1.82, 2.24) is 15.0 Å². The molecule has 0 spiro atoms. The summed E-state index contributed by atoms with van der Waals surface area (Å²) in [4.78, 5) is 22.0. The summed E-state index contributed by atoms with van der Waals surface area (Å²) in [7, 11) is 0. The molecule has 0 bridgehead atoms. The number of fused-ring (bicyclic) bond motifs is 1. The van der Waals surface area contributed by atoms with Crippen LogP contribution in [0.2, 0.25) is 0 Å². The van der Waals surface area contributed by atoms with Gasteiger partial charge in [-0.25, -0.2) is 4.98 Å². The zero-order valence-corrected chi connectivity index (χ0v) is 12.9. The Labute approximate surface area is 134 Å². The maximum atomic E-state index is 11.4. The second-order valence-electron chi connectivity index (χ2n) is 6.19. The van der Waals surface area contributed by atoms with Crippen LogP contribution in [0.25, 0.3) is 16.6 Å². The van der Waals surface area contributed by atoms with Crippen molar-refractivity contribution in [3.63, 3.8) is 0 Å². The average Bonchev–Trinajstić information content (AvgIpc) is 3.22. The Morgan fingerprint density at radius 3 is 2.83 bits per heavy atom. The van der Waals surface area contributed by atoms with Gasteiger partial charge in [0, 0.05) is 35.1 Å². The van der Waals surface area contributed by atoms with Crippen LogP contribution in [0.5, 0.6) is 0 Å². The number of hydrogen-bond donors (Lipinski definition) is 2. The molecule has 2 N–H and O–H groups in total. The van der Waals surface area contributed by atoms with E-state index in [0.717, 1.165) is 27.9 Å². The molecular weight excluding hydrogens is 286 g/mol. The van der Waals surface area contributed by atoms with Crippen molar-refractivity contribution >= 4 is 16.6 Å². The molecule has 4 heteroatoms. The largest absolute Gasteiger partial charge is 0.339 e. The summed E-state index contributed by atoms with van der Waals surface area (Å²) in [6.45, 7) is 0. The zero-order valence-electron chi connectivity index (χ0n) is 12.9. The van der Waals surface area contributed by atoms with E-state index in [1.54, 1.807) is 18.5 Å². The van der Waals surface area contributed by atoms with Crippen LogP contribution in [0.1, 0.15) is 36.9 Å². The highest BCUT2D eigenvalue weighted by molar-refractivity contribution is 5.86. The van der Waals surface area contributed by atoms with Crippen molar-refractivity contribution in [2.75, 3.05) is 0 Å². The van der Waals surface area contributed by atoms with Gasteiger partial charge >= 0.3 is 0 Å². The highest BCUT2D eigenvalue weighted by atomic mass is 16.1. The third-order valence-electron chi connectivity index (χ3n) is 4.58. The molecule has 4 rings (SSSR count). The molecule has 1 saturated carbocycles. The average molecular weight is 305 g/mol. The third kappa shape index (κ3) is 2.84. The minimum Gasteiger partial charge on any atom is -0.339 e. The van der Waals surface area contributed by atoms with Crippen LogP contribution >= 0.6 is 0 Å². The fourth-order valence-electron chi connectivity index (χ4n) is 3.38. The van der Waals surface area contributed by atoms with Crippen LogP contribution in [0.3, 0.4) is 0 Å². The Morgan fingerprint density at radius 1 is 1.22 bits per heavy atom. The number of hydrogen-bond acceptors (Lipinski definition) is 2. The molecule has 3 heterocycles. The highest BCUT2D eigenvalue weighted by Crippen LogP contribution is 2.32. The second kappa shape index (κ2) is 5.88. The summed E-state index contributed by atoms with van der Waals surface area (Å²) < 4.78 is 0. The molecule has 0 radical (unpaired) electrons. The normalized spacial score (nSPS) is 16.3. The molecule has 0 aliphatic heterocycles. The molecule has 23 heavy (non-hydrogen) atoms. The van der Waals surface area contributed by atoms with E-state index >= 15 is 0 Å². The van der Waals surface area contributed by atoms with Crippen molar-refractivity contribution in [3.05, 3.63) is 70.4 Å². The van der Waals surface area contributed by atoms with Gasteiger partial charge in [0.05, 0.1) is 0 Å². The molecule has 0 amide bonds. The van der Waals surface area contributed by atoms with Crippen LogP contribution in [0.4, 0.5) is 0 Å². The lowest BCUT2D eigenvalue weighted by atomic mass is 9.97. The van der Waals surface area contributed by atoms with E-state index in [-0.39, 0.29) is 5.56 Å². The molecular formula is C19H19N3O. The first kappa shape index (κ1) is 14.0. The lowest BCUT2D eigenvalue weighted by molar-refractivity contribution is 0.687. The molecule has 3 aromatic rings. The van der Waals surface area contributed by atoms with Gasteiger partial charge in [-0.3, -0.25) is 4.79 Å². The van der Waals surface area contributed by atoms with E-state index in [2.05, 4.69) is 33.2 Å². The predicted molar refractivity (Wildman–Crippen MR) is 92.2 cm³/mol. The molecule has 0 atom stereocenters.